The third kappa shape index (κ3) is 4.22. The number of rotatable bonds is 6. The van der Waals surface area contributed by atoms with E-state index in [4.69, 9.17) is 4.74 Å². The van der Waals surface area contributed by atoms with Gasteiger partial charge >= 0.3 is 0 Å². The third-order valence-corrected chi connectivity index (χ3v) is 7.61. The van der Waals surface area contributed by atoms with Gasteiger partial charge in [0.2, 0.25) is 0 Å². The van der Waals surface area contributed by atoms with Crippen molar-refractivity contribution in [2.45, 2.75) is 63.3 Å². The second kappa shape index (κ2) is 7.16. The second-order valence-corrected chi connectivity index (χ2v) is 9.98. The largest absolute Gasteiger partial charge is 0.390 e. The molecular weight excluding hydrogens is 302 g/mol. The summed E-state index contributed by atoms with van der Waals surface area (Å²) in [6, 6.07) is 0.317. The Morgan fingerprint density at radius 1 is 1.41 bits per heavy atom. The van der Waals surface area contributed by atoms with Crippen LogP contribution in [0.2, 0.25) is 0 Å². The van der Waals surface area contributed by atoms with Gasteiger partial charge in [0.1, 0.15) is 0 Å². The zero-order valence-electron chi connectivity index (χ0n) is 14.1. The van der Waals surface area contributed by atoms with Crippen molar-refractivity contribution < 1.29 is 18.3 Å². The highest BCUT2D eigenvalue weighted by Gasteiger charge is 2.43. The highest BCUT2D eigenvalue weighted by Crippen LogP contribution is 2.35. The molecule has 2 aliphatic rings. The van der Waals surface area contributed by atoms with Crippen molar-refractivity contribution in [2.24, 2.45) is 5.92 Å². The Morgan fingerprint density at radius 2 is 2.14 bits per heavy atom. The summed E-state index contributed by atoms with van der Waals surface area (Å²) in [4.78, 5) is 2.36. The molecule has 6 heteroatoms. The fourth-order valence-corrected chi connectivity index (χ4v) is 4.67. The molecule has 5 nitrogen and oxygen atoms in total. The molecule has 3 atom stereocenters. The van der Waals surface area contributed by atoms with Gasteiger partial charge in [0.25, 0.3) is 0 Å². The van der Waals surface area contributed by atoms with E-state index in [0.29, 0.717) is 32.1 Å². The van der Waals surface area contributed by atoms with Crippen molar-refractivity contribution in [2.75, 3.05) is 32.1 Å². The van der Waals surface area contributed by atoms with Gasteiger partial charge in [0.05, 0.1) is 23.2 Å². The van der Waals surface area contributed by atoms with Gasteiger partial charge in [-0.15, -0.1) is 0 Å². The summed E-state index contributed by atoms with van der Waals surface area (Å²) in [5.41, 5.74) is -0.671. The van der Waals surface area contributed by atoms with Crippen LogP contribution in [0.25, 0.3) is 0 Å². The molecule has 2 fully saturated rings. The lowest BCUT2D eigenvalue weighted by Gasteiger charge is -2.43. The lowest BCUT2D eigenvalue weighted by Crippen LogP contribution is -2.52. The second-order valence-electron chi connectivity index (χ2n) is 7.30. The predicted octanol–water partition coefficient (Wildman–Crippen LogP) is 1.45. The third-order valence-electron chi connectivity index (χ3n) is 5.32. The Bertz CT molecular complexity index is 461. The van der Waals surface area contributed by atoms with E-state index in [1.165, 1.54) is 0 Å². The van der Waals surface area contributed by atoms with Crippen molar-refractivity contribution in [3.8, 4) is 0 Å². The van der Waals surface area contributed by atoms with Crippen molar-refractivity contribution >= 4 is 9.84 Å². The van der Waals surface area contributed by atoms with Gasteiger partial charge in [-0.25, -0.2) is 8.42 Å². The highest BCUT2D eigenvalue weighted by atomic mass is 32.2. The van der Waals surface area contributed by atoms with Crippen LogP contribution >= 0.6 is 0 Å². The summed E-state index contributed by atoms with van der Waals surface area (Å²) in [7, 11) is -2.96. The predicted molar refractivity (Wildman–Crippen MR) is 87.7 cm³/mol. The molecule has 130 valence electrons. The molecule has 0 aliphatic carbocycles. The van der Waals surface area contributed by atoms with Crippen LogP contribution in [0.3, 0.4) is 0 Å². The van der Waals surface area contributed by atoms with Crippen LogP contribution in [0, 0.1) is 5.92 Å². The highest BCUT2D eigenvalue weighted by molar-refractivity contribution is 7.91. The fourth-order valence-electron chi connectivity index (χ4n) is 3.67. The van der Waals surface area contributed by atoms with E-state index < -0.39 is 15.4 Å². The monoisotopic (exact) mass is 333 g/mol. The van der Waals surface area contributed by atoms with E-state index in [-0.39, 0.29) is 16.9 Å². The molecule has 2 aliphatic heterocycles. The van der Waals surface area contributed by atoms with Gasteiger partial charge < -0.3 is 9.84 Å². The van der Waals surface area contributed by atoms with Crippen molar-refractivity contribution in [3.63, 3.8) is 0 Å². The van der Waals surface area contributed by atoms with E-state index in [2.05, 4.69) is 4.90 Å². The molecule has 0 radical (unpaired) electrons. The van der Waals surface area contributed by atoms with Crippen LogP contribution in [0.4, 0.5) is 0 Å². The molecule has 1 N–H and O–H groups in total. The number of ether oxygens (including phenoxy) is 1. The van der Waals surface area contributed by atoms with Gasteiger partial charge in [0.15, 0.2) is 9.84 Å². The standard InChI is InChI=1S/C16H31NO4S/c1-13(2)22(19,20)11-5-9-17-8-4-6-15(17)14-12-21-10-7-16(14,3)18/h13-15,18H,4-12H2,1-3H3. The first-order valence-corrected chi connectivity index (χ1v) is 10.2. The molecule has 0 saturated carbocycles. The normalized spacial score (nSPS) is 34.4. The minimum atomic E-state index is -2.96. The molecule has 0 aromatic heterocycles. The van der Waals surface area contributed by atoms with E-state index in [9.17, 15) is 13.5 Å². The van der Waals surface area contributed by atoms with E-state index in [1.54, 1.807) is 13.8 Å². The first-order chi connectivity index (χ1) is 10.2. The van der Waals surface area contributed by atoms with Gasteiger partial charge in [-0.2, -0.15) is 0 Å². The maximum absolute atomic E-state index is 11.9. The van der Waals surface area contributed by atoms with Crippen LogP contribution in [-0.2, 0) is 14.6 Å². The van der Waals surface area contributed by atoms with Crippen LogP contribution in [-0.4, -0.2) is 67.4 Å². The van der Waals surface area contributed by atoms with Gasteiger partial charge in [-0.1, -0.05) is 0 Å². The zero-order valence-corrected chi connectivity index (χ0v) is 14.9. The lowest BCUT2D eigenvalue weighted by atomic mass is 9.79. The Hall–Kier alpha value is -0.170. The van der Waals surface area contributed by atoms with Crippen LogP contribution < -0.4 is 0 Å². The number of sulfone groups is 1. The number of hydrogen-bond acceptors (Lipinski definition) is 5. The summed E-state index contributed by atoms with van der Waals surface area (Å²) in [6.45, 7) is 8.43. The molecule has 0 aromatic carbocycles. The molecule has 22 heavy (non-hydrogen) atoms. The van der Waals surface area contributed by atoms with E-state index in [0.717, 1.165) is 25.9 Å². The molecule has 0 bridgehead atoms. The van der Waals surface area contributed by atoms with E-state index in [1.807, 2.05) is 6.92 Å². The molecule has 2 saturated heterocycles. The first kappa shape index (κ1) is 18.2. The van der Waals surface area contributed by atoms with E-state index >= 15 is 0 Å². The minimum Gasteiger partial charge on any atom is -0.390 e. The quantitative estimate of drug-likeness (QED) is 0.797. The number of hydrogen-bond donors (Lipinski definition) is 1. The summed E-state index contributed by atoms with van der Waals surface area (Å²) >= 11 is 0. The Balaban J connectivity index is 1.91. The number of likely N-dealkylation sites (tertiary alicyclic amines) is 1. The minimum absolute atomic E-state index is 0.130. The maximum atomic E-state index is 11.9. The summed E-state index contributed by atoms with van der Waals surface area (Å²) < 4.78 is 29.4. The topological polar surface area (TPSA) is 66.8 Å². The van der Waals surface area contributed by atoms with Crippen molar-refractivity contribution in [1.29, 1.82) is 0 Å². The first-order valence-electron chi connectivity index (χ1n) is 8.50. The van der Waals surface area contributed by atoms with Crippen LogP contribution in [0.1, 0.15) is 46.5 Å². The molecular formula is C16H31NO4S. The number of aliphatic hydroxyl groups is 1. The lowest BCUT2D eigenvalue weighted by molar-refractivity contribution is -0.122. The molecule has 3 unspecified atom stereocenters. The summed E-state index contributed by atoms with van der Waals surface area (Å²) in [5, 5.41) is 10.3. The summed E-state index contributed by atoms with van der Waals surface area (Å²) in [5.74, 6) is 0.385. The Morgan fingerprint density at radius 3 is 2.77 bits per heavy atom. The van der Waals surface area contributed by atoms with Gasteiger partial charge in [-0.05, 0) is 59.5 Å². The van der Waals surface area contributed by atoms with Crippen molar-refractivity contribution in [3.05, 3.63) is 0 Å². The van der Waals surface area contributed by atoms with Gasteiger partial charge in [-0.3, -0.25) is 4.90 Å². The molecule has 0 aromatic rings. The van der Waals surface area contributed by atoms with Crippen LogP contribution in [0.5, 0.6) is 0 Å². The average Bonchev–Trinajstić information content (AvgIpc) is 2.86. The zero-order chi connectivity index (χ0) is 16.4. The SMILES string of the molecule is CC(C)S(=O)(=O)CCCN1CCCC1C1COCCC1(C)O. The fraction of sp³-hybridized carbons (Fsp3) is 1.00. The van der Waals surface area contributed by atoms with Crippen LogP contribution in [0.15, 0.2) is 0 Å². The Labute approximate surface area is 134 Å². The molecule has 2 rings (SSSR count). The molecule has 0 spiro atoms. The maximum Gasteiger partial charge on any atom is 0.152 e. The van der Waals surface area contributed by atoms with Crippen molar-refractivity contribution in [1.82, 2.24) is 4.90 Å². The molecule has 2 heterocycles. The average molecular weight is 333 g/mol. The smallest absolute Gasteiger partial charge is 0.152 e. The molecule has 0 amide bonds. The van der Waals surface area contributed by atoms with Gasteiger partial charge in [0, 0.05) is 18.6 Å². The number of nitrogens with zero attached hydrogens (tertiary/aromatic N) is 1. The Kier molecular flexibility index (Phi) is 5.91. The summed E-state index contributed by atoms with van der Waals surface area (Å²) in [6.07, 6.45) is 3.55.